The molecule has 0 N–H and O–H groups in total. The second kappa shape index (κ2) is 12.0. The molecule has 0 spiro atoms. The fourth-order valence-corrected chi connectivity index (χ4v) is 5.24. The summed E-state index contributed by atoms with van der Waals surface area (Å²) in [6.45, 7) is 0. The summed E-state index contributed by atoms with van der Waals surface area (Å²) in [5.41, 5.74) is 10.9. The van der Waals surface area contributed by atoms with Gasteiger partial charge in [-0.2, -0.15) is 0 Å². The van der Waals surface area contributed by atoms with Crippen molar-refractivity contribution in [3.05, 3.63) is 151 Å². The van der Waals surface area contributed by atoms with Crippen molar-refractivity contribution in [3.63, 3.8) is 0 Å². The first-order valence-electron chi connectivity index (χ1n) is 13.6. The van der Waals surface area contributed by atoms with Crippen molar-refractivity contribution in [3.8, 4) is 44.9 Å². The van der Waals surface area contributed by atoms with Crippen LogP contribution in [0.1, 0.15) is 0 Å². The monoisotopic (exact) mass is 721 g/mol. The van der Waals surface area contributed by atoms with E-state index < -0.39 is 0 Å². The van der Waals surface area contributed by atoms with Crippen molar-refractivity contribution in [1.29, 1.82) is 0 Å². The maximum absolute atomic E-state index is 5.18. The molecule has 0 bridgehead atoms. The predicted molar refractivity (Wildman–Crippen MR) is 168 cm³/mol. The molecule has 0 fully saturated rings. The van der Waals surface area contributed by atoms with Crippen molar-refractivity contribution >= 4 is 22.4 Å². The van der Waals surface area contributed by atoms with E-state index in [2.05, 4.69) is 95.5 Å². The van der Waals surface area contributed by atoms with Gasteiger partial charge in [-0.1, -0.05) is 114 Å². The van der Waals surface area contributed by atoms with Gasteiger partial charge in [0.25, 0.3) is 0 Å². The molecule has 5 aromatic carbocycles. The number of pyridine rings is 1. The average molecular weight is 722 g/mol. The van der Waals surface area contributed by atoms with Gasteiger partial charge in [-0.15, -0.1) is 41.2 Å². The number of rotatable bonds is 6. The van der Waals surface area contributed by atoms with E-state index in [1.807, 2.05) is 66.9 Å². The molecule has 5 heteroatoms. The first-order chi connectivity index (χ1) is 20.2. The number of hydrogen-bond acceptors (Lipinski definition) is 2. The second-order valence-electron chi connectivity index (χ2n) is 9.91. The molecule has 0 unspecified atom stereocenters. The molecule has 2 heterocycles. The molecule has 7 rings (SSSR count). The Labute approximate surface area is 260 Å². The Balaban J connectivity index is 0.00000316. The van der Waals surface area contributed by atoms with E-state index in [4.69, 9.17) is 10.3 Å². The second-order valence-corrected chi connectivity index (χ2v) is 9.91. The van der Waals surface area contributed by atoms with Gasteiger partial charge in [0.15, 0.2) is 0 Å². The number of nitrogens with zero attached hydrogens (tertiary/aromatic N) is 4. The maximum atomic E-state index is 5.18. The summed E-state index contributed by atoms with van der Waals surface area (Å²) in [7, 11) is 2.06. The molecule has 0 radical (unpaired) electrons. The Morgan fingerprint density at radius 2 is 1.33 bits per heavy atom. The number of imidazole rings is 1. The van der Waals surface area contributed by atoms with E-state index in [0.717, 1.165) is 67.3 Å². The Morgan fingerprint density at radius 1 is 0.643 bits per heavy atom. The number of aromatic nitrogens is 3. The molecule has 0 aliphatic heterocycles. The minimum absolute atomic E-state index is 0. The summed E-state index contributed by atoms with van der Waals surface area (Å²) in [5, 5.41) is 4.92. The Hall–Kier alpha value is -4.79. The number of aryl methyl sites for hydroxylation is 1. The fourth-order valence-electron chi connectivity index (χ4n) is 5.24. The molecule has 42 heavy (non-hydrogen) atoms. The summed E-state index contributed by atoms with van der Waals surface area (Å²) in [4.78, 5) is 9.86. The van der Waals surface area contributed by atoms with Crippen molar-refractivity contribution in [1.82, 2.24) is 14.5 Å². The fraction of sp³-hybridized carbons (Fsp3) is 0.0270. The van der Waals surface area contributed by atoms with E-state index in [-0.39, 0.29) is 21.1 Å². The minimum Gasteiger partial charge on any atom is -0.657 e. The van der Waals surface area contributed by atoms with Crippen LogP contribution < -0.4 is 0 Å². The summed E-state index contributed by atoms with van der Waals surface area (Å²) in [5.74, 6) is 0.871. The van der Waals surface area contributed by atoms with Crippen LogP contribution in [0, 0.1) is 6.07 Å². The predicted octanol–water partition coefficient (Wildman–Crippen LogP) is 9.77. The van der Waals surface area contributed by atoms with Crippen LogP contribution in [-0.4, -0.2) is 14.5 Å². The van der Waals surface area contributed by atoms with Crippen LogP contribution in [0.2, 0.25) is 0 Å². The van der Waals surface area contributed by atoms with Crippen LogP contribution in [0.5, 0.6) is 0 Å². The molecule has 0 aliphatic carbocycles. The van der Waals surface area contributed by atoms with Crippen molar-refractivity contribution in [2.24, 2.45) is 7.05 Å². The molecule has 0 saturated carbocycles. The van der Waals surface area contributed by atoms with E-state index in [1.54, 1.807) is 0 Å². The SMILES string of the molecule is Cn1c(-c2ccccc2[N-]c2ccccc2)nc2c(-c3[c-]c(-c4cc(-c5ccccc5)ccn4)ccc3)cccc21.[Pt+2]. The van der Waals surface area contributed by atoms with Gasteiger partial charge in [-0.25, -0.2) is 4.98 Å². The standard InChI is InChI=1S/C37H26N4.Pt/c1-41-35-21-11-19-31(36(35)40-37(41)32-18-8-9-20-33(32)39-30-16-6-3-7-17-30)28-14-10-15-29(24-28)34-25-27(22-23-38-34)26-12-4-2-5-13-26;/h2-23,25H,1H3;/q-2;+2. The molecular weight excluding hydrogens is 696 g/mol. The smallest absolute Gasteiger partial charge is 0.657 e. The molecular formula is C37H26N4Pt. The summed E-state index contributed by atoms with van der Waals surface area (Å²) in [6, 6.07) is 48.9. The van der Waals surface area contributed by atoms with E-state index >= 15 is 0 Å². The van der Waals surface area contributed by atoms with Crippen molar-refractivity contribution in [2.45, 2.75) is 0 Å². The van der Waals surface area contributed by atoms with Gasteiger partial charge < -0.3 is 9.88 Å². The van der Waals surface area contributed by atoms with E-state index in [9.17, 15) is 0 Å². The minimum atomic E-state index is 0. The van der Waals surface area contributed by atoms with Crippen molar-refractivity contribution < 1.29 is 21.1 Å². The van der Waals surface area contributed by atoms with Gasteiger partial charge >= 0.3 is 21.1 Å². The van der Waals surface area contributed by atoms with Crippen LogP contribution in [0.15, 0.2) is 140 Å². The molecule has 2 aromatic heterocycles. The van der Waals surface area contributed by atoms with Gasteiger partial charge in [0.1, 0.15) is 5.82 Å². The molecule has 0 amide bonds. The topological polar surface area (TPSA) is 44.8 Å². The van der Waals surface area contributed by atoms with E-state index in [1.165, 1.54) is 0 Å². The average Bonchev–Trinajstić information content (AvgIpc) is 3.38. The van der Waals surface area contributed by atoms with Crippen LogP contribution in [0.25, 0.3) is 61.2 Å². The summed E-state index contributed by atoms with van der Waals surface area (Å²) in [6.07, 6.45) is 1.86. The molecule has 0 aliphatic rings. The van der Waals surface area contributed by atoms with Gasteiger partial charge in [0.05, 0.1) is 11.0 Å². The van der Waals surface area contributed by atoms with Gasteiger partial charge in [0.2, 0.25) is 0 Å². The third-order valence-electron chi connectivity index (χ3n) is 7.29. The summed E-state index contributed by atoms with van der Waals surface area (Å²) >= 11 is 0. The zero-order valence-corrected chi connectivity index (χ0v) is 25.2. The third-order valence-corrected chi connectivity index (χ3v) is 7.29. The number of hydrogen-bond donors (Lipinski definition) is 0. The zero-order chi connectivity index (χ0) is 27.6. The number of benzene rings is 5. The number of para-hydroxylation sites is 3. The summed E-state index contributed by atoms with van der Waals surface area (Å²) < 4.78 is 2.15. The first kappa shape index (κ1) is 27.4. The normalized spacial score (nSPS) is 10.8. The van der Waals surface area contributed by atoms with Crippen LogP contribution in [0.3, 0.4) is 0 Å². The zero-order valence-electron chi connectivity index (χ0n) is 22.9. The third kappa shape index (κ3) is 5.30. The van der Waals surface area contributed by atoms with Crippen LogP contribution >= 0.6 is 0 Å². The molecule has 0 saturated heterocycles. The molecule has 204 valence electrons. The molecule has 4 nitrogen and oxygen atoms in total. The van der Waals surface area contributed by atoms with Crippen molar-refractivity contribution in [2.75, 3.05) is 0 Å². The first-order valence-corrected chi connectivity index (χ1v) is 13.6. The molecule has 0 atom stereocenters. The number of fused-ring (bicyclic) bond motifs is 1. The van der Waals surface area contributed by atoms with Gasteiger partial charge in [-0.05, 0) is 23.3 Å². The van der Waals surface area contributed by atoms with Gasteiger partial charge in [-0.3, -0.25) is 4.98 Å². The molecule has 7 aromatic rings. The van der Waals surface area contributed by atoms with E-state index in [0.29, 0.717) is 0 Å². The Bertz CT molecular complexity index is 1980. The van der Waals surface area contributed by atoms with Crippen LogP contribution in [0.4, 0.5) is 11.4 Å². The largest absolute Gasteiger partial charge is 2.00 e. The Kier molecular flexibility index (Phi) is 7.81. The van der Waals surface area contributed by atoms with Crippen LogP contribution in [-0.2, 0) is 28.1 Å². The van der Waals surface area contributed by atoms with Gasteiger partial charge in [0, 0.05) is 24.5 Å². The maximum Gasteiger partial charge on any atom is 2.00 e. The quantitative estimate of drug-likeness (QED) is 0.161. The Morgan fingerprint density at radius 3 is 2.17 bits per heavy atom.